The molecule has 1 fully saturated rings. The van der Waals surface area contributed by atoms with E-state index in [1.807, 2.05) is 12.1 Å². The van der Waals surface area contributed by atoms with Crippen LogP contribution in [-0.4, -0.2) is 20.7 Å². The summed E-state index contributed by atoms with van der Waals surface area (Å²) in [5.74, 6) is 0.789. The summed E-state index contributed by atoms with van der Waals surface area (Å²) in [6, 6.07) is 7.60. The fourth-order valence-corrected chi connectivity index (χ4v) is 3.61. The molecule has 0 spiro atoms. The summed E-state index contributed by atoms with van der Waals surface area (Å²) in [6.45, 7) is 2.30. The van der Waals surface area contributed by atoms with E-state index in [-0.39, 0.29) is 0 Å². The van der Waals surface area contributed by atoms with Crippen molar-refractivity contribution in [1.82, 2.24) is 0 Å². The summed E-state index contributed by atoms with van der Waals surface area (Å²) < 4.78 is 23.6. The average Bonchev–Trinajstić information content (AvgIpc) is 2.54. The van der Waals surface area contributed by atoms with Crippen molar-refractivity contribution in [2.75, 3.05) is 11.6 Å². The van der Waals surface area contributed by atoms with Gasteiger partial charge >= 0.3 is 0 Å². The Labute approximate surface area is 116 Å². The lowest BCUT2D eigenvalue weighted by atomic mass is 10.0. The van der Waals surface area contributed by atoms with Crippen molar-refractivity contribution in [3.05, 3.63) is 24.3 Å². The van der Waals surface area contributed by atoms with Crippen molar-refractivity contribution in [3.8, 4) is 0 Å². The van der Waals surface area contributed by atoms with Crippen molar-refractivity contribution >= 4 is 15.5 Å². The number of anilines is 1. The van der Waals surface area contributed by atoms with Crippen LogP contribution >= 0.6 is 0 Å². The Morgan fingerprint density at radius 3 is 2.58 bits per heavy atom. The predicted molar refractivity (Wildman–Crippen MR) is 79.2 cm³/mol. The van der Waals surface area contributed by atoms with Crippen LogP contribution in [0.3, 0.4) is 0 Å². The third-order valence-corrected chi connectivity index (χ3v) is 5.06. The zero-order valence-electron chi connectivity index (χ0n) is 11.7. The molecule has 2 rings (SSSR count). The summed E-state index contributed by atoms with van der Waals surface area (Å²) in [4.78, 5) is 0.410. The van der Waals surface area contributed by atoms with Crippen molar-refractivity contribution in [2.24, 2.45) is 5.92 Å². The van der Waals surface area contributed by atoms with Gasteiger partial charge in [0.05, 0.1) is 10.6 Å². The fourth-order valence-electron chi connectivity index (χ4n) is 2.76. The van der Waals surface area contributed by atoms with Crippen molar-refractivity contribution < 1.29 is 8.42 Å². The SMILES string of the molecule is CC1CCCC(Nc2ccccc2S(C)(=O)=O)CC1. The van der Waals surface area contributed by atoms with Crippen LogP contribution in [0.2, 0.25) is 0 Å². The van der Waals surface area contributed by atoms with Gasteiger partial charge in [-0.3, -0.25) is 0 Å². The topological polar surface area (TPSA) is 46.2 Å². The molecule has 2 unspecified atom stereocenters. The van der Waals surface area contributed by atoms with Crippen LogP contribution in [-0.2, 0) is 9.84 Å². The second-order valence-electron chi connectivity index (χ2n) is 5.72. The summed E-state index contributed by atoms with van der Waals surface area (Å²) in [6.07, 6.45) is 7.24. The smallest absolute Gasteiger partial charge is 0.177 e. The van der Waals surface area contributed by atoms with E-state index in [0.29, 0.717) is 10.9 Å². The van der Waals surface area contributed by atoms with E-state index in [0.717, 1.165) is 24.4 Å². The summed E-state index contributed by atoms with van der Waals surface area (Å²) in [7, 11) is -3.17. The zero-order valence-corrected chi connectivity index (χ0v) is 12.5. The minimum atomic E-state index is -3.17. The fraction of sp³-hybridized carbons (Fsp3) is 0.600. The summed E-state index contributed by atoms with van der Waals surface area (Å²) in [5.41, 5.74) is 0.754. The first-order valence-corrected chi connectivity index (χ1v) is 8.91. The molecule has 2 atom stereocenters. The van der Waals surface area contributed by atoms with E-state index >= 15 is 0 Å². The lowest BCUT2D eigenvalue weighted by molar-refractivity contribution is 0.502. The standard InChI is InChI=1S/C15H23NO2S/c1-12-6-5-7-13(11-10-12)16-14-8-3-4-9-15(14)19(2,17)18/h3-4,8-9,12-13,16H,5-7,10-11H2,1-2H3. The van der Waals surface area contributed by atoms with E-state index in [2.05, 4.69) is 12.2 Å². The number of nitrogens with one attached hydrogen (secondary N) is 1. The molecule has 1 N–H and O–H groups in total. The second-order valence-corrected chi connectivity index (χ2v) is 7.71. The van der Waals surface area contributed by atoms with Gasteiger partial charge in [-0.25, -0.2) is 8.42 Å². The van der Waals surface area contributed by atoms with Crippen LogP contribution in [0.1, 0.15) is 39.0 Å². The van der Waals surface area contributed by atoms with Crippen LogP contribution in [0.4, 0.5) is 5.69 Å². The number of hydrogen-bond donors (Lipinski definition) is 1. The molecule has 0 aromatic heterocycles. The largest absolute Gasteiger partial charge is 0.381 e. The Morgan fingerprint density at radius 2 is 1.84 bits per heavy atom. The number of hydrogen-bond acceptors (Lipinski definition) is 3. The maximum absolute atomic E-state index is 11.8. The molecule has 0 heterocycles. The van der Waals surface area contributed by atoms with E-state index in [1.165, 1.54) is 25.5 Å². The highest BCUT2D eigenvalue weighted by atomic mass is 32.2. The van der Waals surface area contributed by atoms with Crippen LogP contribution in [0.25, 0.3) is 0 Å². The van der Waals surface area contributed by atoms with Crippen LogP contribution in [0.15, 0.2) is 29.2 Å². The highest BCUT2D eigenvalue weighted by Crippen LogP contribution is 2.27. The lowest BCUT2D eigenvalue weighted by Gasteiger charge is -2.19. The first kappa shape index (κ1) is 14.4. The Hall–Kier alpha value is -1.03. The maximum Gasteiger partial charge on any atom is 0.177 e. The molecular formula is C15H23NO2S. The van der Waals surface area contributed by atoms with Gasteiger partial charge < -0.3 is 5.32 Å². The van der Waals surface area contributed by atoms with Crippen LogP contribution in [0.5, 0.6) is 0 Å². The Kier molecular flexibility index (Phi) is 4.50. The number of para-hydroxylation sites is 1. The monoisotopic (exact) mass is 281 g/mol. The van der Waals surface area contributed by atoms with Gasteiger partial charge in [-0.15, -0.1) is 0 Å². The van der Waals surface area contributed by atoms with Crippen molar-refractivity contribution in [1.29, 1.82) is 0 Å². The summed E-state index contributed by atoms with van der Waals surface area (Å²) in [5, 5.41) is 3.44. The van der Waals surface area contributed by atoms with Gasteiger partial charge in [-0.2, -0.15) is 0 Å². The predicted octanol–water partition coefficient (Wildman–Crippen LogP) is 3.47. The first-order chi connectivity index (χ1) is 8.97. The molecule has 1 aliphatic carbocycles. The Balaban J connectivity index is 2.15. The molecule has 1 aromatic carbocycles. The zero-order chi connectivity index (χ0) is 13.9. The average molecular weight is 281 g/mol. The molecule has 0 radical (unpaired) electrons. The molecule has 0 bridgehead atoms. The third kappa shape index (κ3) is 3.96. The van der Waals surface area contributed by atoms with Crippen LogP contribution < -0.4 is 5.32 Å². The number of sulfone groups is 1. The van der Waals surface area contributed by atoms with E-state index in [1.54, 1.807) is 12.1 Å². The van der Waals surface area contributed by atoms with Gasteiger partial charge in [-0.1, -0.05) is 31.9 Å². The van der Waals surface area contributed by atoms with E-state index in [4.69, 9.17) is 0 Å². The molecule has 0 saturated heterocycles. The van der Waals surface area contributed by atoms with Crippen molar-refractivity contribution in [2.45, 2.75) is 50.0 Å². The Bertz CT molecular complexity index is 525. The van der Waals surface area contributed by atoms with E-state index < -0.39 is 9.84 Å². The third-order valence-electron chi connectivity index (χ3n) is 3.90. The number of rotatable bonds is 3. The van der Waals surface area contributed by atoms with Gasteiger partial charge in [0, 0.05) is 12.3 Å². The second kappa shape index (κ2) is 5.95. The highest BCUT2D eigenvalue weighted by Gasteiger charge is 2.19. The molecule has 3 nitrogen and oxygen atoms in total. The minimum Gasteiger partial charge on any atom is -0.381 e. The highest BCUT2D eigenvalue weighted by molar-refractivity contribution is 7.90. The van der Waals surface area contributed by atoms with Gasteiger partial charge in [0.1, 0.15) is 0 Å². The van der Waals surface area contributed by atoms with Crippen LogP contribution in [0, 0.1) is 5.92 Å². The van der Waals surface area contributed by atoms with Gasteiger partial charge in [0.2, 0.25) is 0 Å². The molecule has 1 aliphatic rings. The molecular weight excluding hydrogens is 258 g/mol. The molecule has 0 aliphatic heterocycles. The quantitative estimate of drug-likeness (QED) is 0.863. The van der Waals surface area contributed by atoms with Gasteiger partial charge in [0.15, 0.2) is 9.84 Å². The molecule has 1 aromatic rings. The maximum atomic E-state index is 11.8. The molecule has 106 valence electrons. The molecule has 19 heavy (non-hydrogen) atoms. The normalized spacial score (nSPS) is 24.7. The minimum absolute atomic E-state index is 0.396. The van der Waals surface area contributed by atoms with E-state index in [9.17, 15) is 8.42 Å². The lowest BCUT2D eigenvalue weighted by Crippen LogP contribution is -2.20. The molecule has 4 heteroatoms. The first-order valence-electron chi connectivity index (χ1n) is 7.02. The molecule has 1 saturated carbocycles. The molecule has 0 amide bonds. The Morgan fingerprint density at radius 1 is 1.11 bits per heavy atom. The number of benzene rings is 1. The van der Waals surface area contributed by atoms with Gasteiger partial charge in [-0.05, 0) is 37.3 Å². The van der Waals surface area contributed by atoms with Crippen molar-refractivity contribution in [3.63, 3.8) is 0 Å². The summed E-state index contributed by atoms with van der Waals surface area (Å²) >= 11 is 0. The van der Waals surface area contributed by atoms with Gasteiger partial charge in [0.25, 0.3) is 0 Å².